The number of primary amides is 1. The first kappa shape index (κ1) is 18.7. The third kappa shape index (κ3) is 3.44. The summed E-state index contributed by atoms with van der Waals surface area (Å²) < 4.78 is 25.5. The molecule has 2 aliphatic rings. The molecular weight excluding hydrogens is 359 g/mol. The number of ether oxygens (including phenoxy) is 2. The standard InChI is InChI=1S/C22H25FN2O3/c1-22(2)13-16-11-14(3-5-17(16)20(22)28-21(24)26)15-4-6-19(18(23)12-15)25-7-9-27-10-8-25/h3-6,11-12,20H,7-10,13H2,1-2H3,(H2,24,26). The fraction of sp³-hybridized carbons (Fsp3) is 0.409. The van der Waals surface area contributed by atoms with Crippen molar-refractivity contribution in [1.82, 2.24) is 0 Å². The minimum Gasteiger partial charge on any atom is -0.441 e. The molecule has 0 saturated carbocycles. The Bertz CT molecular complexity index is 907. The lowest BCUT2D eigenvalue weighted by atomic mass is 9.87. The molecule has 1 amide bonds. The predicted molar refractivity (Wildman–Crippen MR) is 106 cm³/mol. The average Bonchev–Trinajstić information content (AvgIpc) is 2.91. The van der Waals surface area contributed by atoms with Crippen LogP contribution < -0.4 is 10.6 Å². The Kier molecular flexibility index (Phi) is 4.75. The van der Waals surface area contributed by atoms with E-state index in [-0.39, 0.29) is 17.3 Å². The van der Waals surface area contributed by atoms with E-state index in [4.69, 9.17) is 15.2 Å². The van der Waals surface area contributed by atoms with Crippen molar-refractivity contribution in [2.75, 3.05) is 31.2 Å². The quantitative estimate of drug-likeness (QED) is 0.867. The first-order chi connectivity index (χ1) is 13.3. The predicted octanol–water partition coefficient (Wildman–Crippen LogP) is 4.05. The molecule has 0 radical (unpaired) electrons. The number of morpholine rings is 1. The molecule has 148 valence electrons. The highest BCUT2D eigenvalue weighted by Crippen LogP contribution is 2.48. The molecule has 1 unspecified atom stereocenters. The number of hydrogen-bond donors (Lipinski definition) is 1. The van der Waals surface area contributed by atoms with Gasteiger partial charge in [-0.05, 0) is 40.8 Å². The molecule has 1 saturated heterocycles. The van der Waals surface area contributed by atoms with Crippen molar-refractivity contribution < 1.29 is 18.7 Å². The largest absolute Gasteiger partial charge is 0.441 e. The fourth-order valence-electron chi connectivity index (χ4n) is 4.29. The molecule has 1 atom stereocenters. The maximum absolute atomic E-state index is 14.8. The monoisotopic (exact) mass is 384 g/mol. The molecule has 2 aromatic rings. The van der Waals surface area contributed by atoms with Crippen LogP contribution in [0, 0.1) is 11.2 Å². The van der Waals surface area contributed by atoms with Gasteiger partial charge in [0.2, 0.25) is 0 Å². The number of halogens is 1. The zero-order valence-electron chi connectivity index (χ0n) is 16.2. The van der Waals surface area contributed by atoms with E-state index in [1.54, 1.807) is 6.07 Å². The Morgan fingerprint density at radius 1 is 1.18 bits per heavy atom. The molecular formula is C22H25FN2O3. The summed E-state index contributed by atoms with van der Waals surface area (Å²) in [4.78, 5) is 13.3. The van der Waals surface area contributed by atoms with Gasteiger partial charge in [-0.3, -0.25) is 0 Å². The van der Waals surface area contributed by atoms with Crippen molar-refractivity contribution >= 4 is 11.8 Å². The Hall–Kier alpha value is -2.60. The third-order valence-electron chi connectivity index (χ3n) is 5.65. The van der Waals surface area contributed by atoms with Crippen LogP contribution in [0.2, 0.25) is 0 Å². The molecule has 1 heterocycles. The van der Waals surface area contributed by atoms with Gasteiger partial charge in [0.1, 0.15) is 11.9 Å². The van der Waals surface area contributed by atoms with Crippen LogP contribution in [0.3, 0.4) is 0 Å². The summed E-state index contributed by atoms with van der Waals surface area (Å²) >= 11 is 0. The van der Waals surface area contributed by atoms with E-state index in [1.165, 1.54) is 0 Å². The summed E-state index contributed by atoms with van der Waals surface area (Å²) in [5, 5.41) is 0. The van der Waals surface area contributed by atoms with Crippen LogP contribution in [0.1, 0.15) is 31.1 Å². The second kappa shape index (κ2) is 7.09. The van der Waals surface area contributed by atoms with E-state index >= 15 is 0 Å². The van der Waals surface area contributed by atoms with E-state index in [0.29, 0.717) is 32.0 Å². The van der Waals surface area contributed by atoms with E-state index in [0.717, 1.165) is 28.7 Å². The number of carbonyl (C=O) groups excluding carboxylic acids is 1. The molecule has 1 fully saturated rings. The van der Waals surface area contributed by atoms with Gasteiger partial charge in [0.25, 0.3) is 0 Å². The summed E-state index contributed by atoms with van der Waals surface area (Å²) in [5.41, 5.74) is 9.48. The van der Waals surface area contributed by atoms with Gasteiger partial charge in [0.05, 0.1) is 18.9 Å². The number of fused-ring (bicyclic) bond motifs is 1. The van der Waals surface area contributed by atoms with Gasteiger partial charge in [-0.15, -0.1) is 0 Å². The molecule has 4 rings (SSSR count). The van der Waals surface area contributed by atoms with Gasteiger partial charge >= 0.3 is 6.09 Å². The Labute approximate surface area is 164 Å². The maximum Gasteiger partial charge on any atom is 0.405 e. The summed E-state index contributed by atoms with van der Waals surface area (Å²) in [6.07, 6.45) is -0.368. The SMILES string of the molecule is CC1(C)Cc2cc(-c3ccc(N4CCOCC4)c(F)c3)ccc2C1OC(N)=O. The van der Waals surface area contributed by atoms with E-state index in [2.05, 4.69) is 19.9 Å². The topological polar surface area (TPSA) is 64.8 Å². The average molecular weight is 384 g/mol. The van der Waals surface area contributed by atoms with Gasteiger partial charge in [-0.2, -0.15) is 0 Å². The summed E-state index contributed by atoms with van der Waals surface area (Å²) in [6.45, 7) is 6.75. The summed E-state index contributed by atoms with van der Waals surface area (Å²) in [5.74, 6) is -0.227. The highest BCUT2D eigenvalue weighted by atomic mass is 19.1. The molecule has 0 spiro atoms. The van der Waals surface area contributed by atoms with Crippen LogP contribution in [0.4, 0.5) is 14.9 Å². The Morgan fingerprint density at radius 3 is 2.54 bits per heavy atom. The van der Waals surface area contributed by atoms with Crippen LogP contribution in [-0.4, -0.2) is 32.4 Å². The van der Waals surface area contributed by atoms with Gasteiger partial charge in [0, 0.05) is 18.5 Å². The third-order valence-corrected chi connectivity index (χ3v) is 5.65. The maximum atomic E-state index is 14.8. The smallest absolute Gasteiger partial charge is 0.405 e. The zero-order chi connectivity index (χ0) is 19.9. The number of anilines is 1. The lowest BCUT2D eigenvalue weighted by Gasteiger charge is -2.29. The summed E-state index contributed by atoms with van der Waals surface area (Å²) in [6, 6.07) is 11.3. The number of carbonyl (C=O) groups is 1. The van der Waals surface area contributed by atoms with E-state index in [9.17, 15) is 9.18 Å². The van der Waals surface area contributed by atoms with Crippen molar-refractivity contribution in [1.29, 1.82) is 0 Å². The van der Waals surface area contributed by atoms with Crippen molar-refractivity contribution in [3.05, 3.63) is 53.3 Å². The number of benzene rings is 2. The van der Waals surface area contributed by atoms with E-state index < -0.39 is 6.09 Å². The van der Waals surface area contributed by atoms with Crippen molar-refractivity contribution in [2.24, 2.45) is 11.1 Å². The number of hydrogen-bond acceptors (Lipinski definition) is 4. The number of amides is 1. The summed E-state index contributed by atoms with van der Waals surface area (Å²) in [7, 11) is 0. The molecule has 6 heteroatoms. The number of nitrogens with two attached hydrogens (primary N) is 1. The van der Waals surface area contributed by atoms with Gasteiger partial charge in [0.15, 0.2) is 0 Å². The van der Waals surface area contributed by atoms with Crippen LogP contribution >= 0.6 is 0 Å². The molecule has 0 bridgehead atoms. The Morgan fingerprint density at radius 2 is 1.86 bits per heavy atom. The van der Waals surface area contributed by atoms with E-state index in [1.807, 2.05) is 29.2 Å². The molecule has 0 aromatic heterocycles. The van der Waals surface area contributed by atoms with Gasteiger partial charge in [-0.25, -0.2) is 9.18 Å². The van der Waals surface area contributed by atoms with Crippen molar-refractivity contribution in [2.45, 2.75) is 26.4 Å². The molecule has 2 N–H and O–H groups in total. The van der Waals surface area contributed by atoms with Crippen LogP contribution in [0.5, 0.6) is 0 Å². The zero-order valence-corrected chi connectivity index (χ0v) is 16.2. The highest BCUT2D eigenvalue weighted by Gasteiger charge is 2.41. The second-order valence-electron chi connectivity index (χ2n) is 8.16. The van der Waals surface area contributed by atoms with Crippen LogP contribution in [0.25, 0.3) is 11.1 Å². The van der Waals surface area contributed by atoms with Crippen molar-refractivity contribution in [3.8, 4) is 11.1 Å². The van der Waals surface area contributed by atoms with Crippen molar-refractivity contribution in [3.63, 3.8) is 0 Å². The fourth-order valence-corrected chi connectivity index (χ4v) is 4.29. The number of nitrogens with zero attached hydrogens (tertiary/aromatic N) is 1. The first-order valence-corrected chi connectivity index (χ1v) is 9.57. The molecule has 28 heavy (non-hydrogen) atoms. The Balaban J connectivity index is 1.63. The molecule has 5 nitrogen and oxygen atoms in total. The minimum atomic E-state index is -0.768. The second-order valence-corrected chi connectivity index (χ2v) is 8.16. The normalized spacial score (nSPS) is 20.7. The highest BCUT2D eigenvalue weighted by molar-refractivity contribution is 5.69. The molecule has 1 aliphatic carbocycles. The van der Waals surface area contributed by atoms with Gasteiger partial charge in [-0.1, -0.05) is 38.1 Å². The van der Waals surface area contributed by atoms with Crippen LogP contribution in [-0.2, 0) is 15.9 Å². The molecule has 1 aliphatic heterocycles. The first-order valence-electron chi connectivity index (χ1n) is 9.57. The number of rotatable bonds is 3. The minimum absolute atomic E-state index is 0.227. The van der Waals surface area contributed by atoms with Gasteiger partial charge < -0.3 is 20.1 Å². The lowest BCUT2D eigenvalue weighted by Crippen LogP contribution is -2.36. The lowest BCUT2D eigenvalue weighted by molar-refractivity contribution is 0.0392. The molecule has 2 aromatic carbocycles. The van der Waals surface area contributed by atoms with Crippen LogP contribution in [0.15, 0.2) is 36.4 Å².